The van der Waals surface area contributed by atoms with Crippen molar-refractivity contribution in [2.24, 2.45) is 41.4 Å². The van der Waals surface area contributed by atoms with E-state index in [1.165, 1.54) is 77.0 Å². The summed E-state index contributed by atoms with van der Waals surface area (Å²) >= 11 is 0. The summed E-state index contributed by atoms with van der Waals surface area (Å²) < 4.78 is 0. The standard InChI is InChI=1S/C25H48/c1-6-21-10-9-13-25(24-17-15-20(5)18-24)22(7-2)11-8-12-23(21)16-14-19(3)4/h19-25H,6-18H2,1-5H3. The van der Waals surface area contributed by atoms with Gasteiger partial charge in [-0.25, -0.2) is 0 Å². The topological polar surface area (TPSA) is 0 Å². The van der Waals surface area contributed by atoms with Gasteiger partial charge in [0.2, 0.25) is 0 Å². The van der Waals surface area contributed by atoms with E-state index in [9.17, 15) is 0 Å². The minimum absolute atomic E-state index is 0.880. The Balaban J connectivity index is 1.98. The van der Waals surface area contributed by atoms with Crippen molar-refractivity contribution < 1.29 is 0 Å². The molecule has 2 saturated carbocycles. The molecule has 0 nitrogen and oxygen atoms in total. The van der Waals surface area contributed by atoms with Crippen LogP contribution in [0, 0.1) is 41.4 Å². The summed E-state index contributed by atoms with van der Waals surface area (Å²) in [5, 5.41) is 0. The zero-order valence-electron chi connectivity index (χ0n) is 18.2. The molecule has 6 atom stereocenters. The van der Waals surface area contributed by atoms with Crippen LogP contribution >= 0.6 is 0 Å². The summed E-state index contributed by atoms with van der Waals surface area (Å²) in [6, 6.07) is 0. The fourth-order valence-electron chi connectivity index (χ4n) is 6.41. The lowest BCUT2D eigenvalue weighted by molar-refractivity contribution is 0.154. The molecular weight excluding hydrogens is 300 g/mol. The van der Waals surface area contributed by atoms with E-state index >= 15 is 0 Å². The summed E-state index contributed by atoms with van der Waals surface area (Å²) in [6.45, 7) is 12.2. The molecule has 0 heterocycles. The first-order valence-electron chi connectivity index (χ1n) is 12.0. The second-order valence-electron chi connectivity index (χ2n) is 10.3. The minimum Gasteiger partial charge on any atom is -0.0651 e. The normalized spacial score (nSPS) is 38.2. The molecule has 6 unspecified atom stereocenters. The lowest BCUT2D eigenvalue weighted by Gasteiger charge is -2.35. The molecule has 0 saturated heterocycles. The molecule has 0 aromatic carbocycles. The fraction of sp³-hybridized carbons (Fsp3) is 1.00. The van der Waals surface area contributed by atoms with Crippen molar-refractivity contribution in [3.05, 3.63) is 0 Å². The largest absolute Gasteiger partial charge is 0.0651 e. The van der Waals surface area contributed by atoms with Crippen molar-refractivity contribution in [2.75, 3.05) is 0 Å². The van der Waals surface area contributed by atoms with Crippen LogP contribution in [0.5, 0.6) is 0 Å². The first-order valence-corrected chi connectivity index (χ1v) is 12.0. The van der Waals surface area contributed by atoms with Crippen LogP contribution in [0.15, 0.2) is 0 Å². The van der Waals surface area contributed by atoms with Crippen molar-refractivity contribution >= 4 is 0 Å². The van der Waals surface area contributed by atoms with E-state index in [4.69, 9.17) is 0 Å². The Morgan fingerprint density at radius 1 is 0.760 bits per heavy atom. The summed E-state index contributed by atoms with van der Waals surface area (Å²) in [5.41, 5.74) is 0. The zero-order valence-corrected chi connectivity index (χ0v) is 18.2. The molecule has 0 aromatic rings. The predicted octanol–water partition coefficient (Wildman–Crippen LogP) is 8.50. The van der Waals surface area contributed by atoms with E-state index in [0.717, 1.165) is 41.4 Å². The molecule has 2 aliphatic carbocycles. The Labute approximate surface area is 159 Å². The van der Waals surface area contributed by atoms with Crippen molar-refractivity contribution in [3.63, 3.8) is 0 Å². The van der Waals surface area contributed by atoms with Crippen LogP contribution in [0.3, 0.4) is 0 Å². The molecule has 25 heavy (non-hydrogen) atoms. The molecule has 2 rings (SSSR count). The molecule has 2 aliphatic rings. The average molecular weight is 349 g/mol. The van der Waals surface area contributed by atoms with E-state index in [1.54, 1.807) is 6.42 Å². The van der Waals surface area contributed by atoms with E-state index in [0.29, 0.717) is 0 Å². The summed E-state index contributed by atoms with van der Waals surface area (Å²) in [5.74, 6) is 7.06. The van der Waals surface area contributed by atoms with Gasteiger partial charge in [-0.1, -0.05) is 92.4 Å². The van der Waals surface area contributed by atoms with Gasteiger partial charge in [-0.2, -0.15) is 0 Å². The summed E-state index contributed by atoms with van der Waals surface area (Å²) in [7, 11) is 0. The molecular formula is C25H48. The lowest BCUT2D eigenvalue weighted by atomic mass is 9.70. The van der Waals surface area contributed by atoms with Crippen LogP contribution in [0.2, 0.25) is 0 Å². The van der Waals surface area contributed by atoms with E-state index in [2.05, 4.69) is 34.6 Å². The van der Waals surface area contributed by atoms with E-state index in [-0.39, 0.29) is 0 Å². The lowest BCUT2D eigenvalue weighted by Crippen LogP contribution is -2.25. The number of hydrogen-bond acceptors (Lipinski definition) is 0. The van der Waals surface area contributed by atoms with E-state index in [1.807, 2.05) is 0 Å². The molecule has 0 aliphatic heterocycles. The van der Waals surface area contributed by atoms with Crippen LogP contribution in [0.4, 0.5) is 0 Å². The Kier molecular flexibility index (Phi) is 9.36. The van der Waals surface area contributed by atoms with Crippen molar-refractivity contribution in [2.45, 2.75) is 118 Å². The minimum atomic E-state index is 0.880. The van der Waals surface area contributed by atoms with Gasteiger partial charge in [-0.3, -0.25) is 0 Å². The highest BCUT2D eigenvalue weighted by Gasteiger charge is 2.33. The smallest absolute Gasteiger partial charge is 0.0357 e. The van der Waals surface area contributed by atoms with Crippen LogP contribution in [0.25, 0.3) is 0 Å². The van der Waals surface area contributed by atoms with Crippen molar-refractivity contribution in [1.82, 2.24) is 0 Å². The molecule has 2 fully saturated rings. The van der Waals surface area contributed by atoms with E-state index < -0.39 is 0 Å². The maximum absolute atomic E-state index is 2.49. The molecule has 0 radical (unpaired) electrons. The third-order valence-corrected chi connectivity index (χ3v) is 8.04. The van der Waals surface area contributed by atoms with Gasteiger partial charge in [0.1, 0.15) is 0 Å². The molecule has 148 valence electrons. The van der Waals surface area contributed by atoms with Gasteiger partial charge in [0.15, 0.2) is 0 Å². The number of rotatable bonds is 6. The molecule has 0 heteroatoms. The van der Waals surface area contributed by atoms with Gasteiger partial charge in [-0.15, -0.1) is 0 Å². The second kappa shape index (κ2) is 11.0. The highest BCUT2D eigenvalue weighted by Crippen LogP contribution is 2.45. The monoisotopic (exact) mass is 348 g/mol. The first-order chi connectivity index (χ1) is 12.0. The Morgan fingerprint density at radius 2 is 1.40 bits per heavy atom. The van der Waals surface area contributed by atoms with Gasteiger partial charge in [0.25, 0.3) is 0 Å². The highest BCUT2D eigenvalue weighted by atomic mass is 14.4. The van der Waals surface area contributed by atoms with Crippen LogP contribution < -0.4 is 0 Å². The molecule has 0 spiro atoms. The maximum Gasteiger partial charge on any atom is -0.0357 e. The molecule has 0 bridgehead atoms. The Morgan fingerprint density at radius 3 is 2.00 bits per heavy atom. The van der Waals surface area contributed by atoms with Crippen LogP contribution in [0.1, 0.15) is 118 Å². The van der Waals surface area contributed by atoms with Gasteiger partial charge in [0.05, 0.1) is 0 Å². The number of hydrogen-bond donors (Lipinski definition) is 0. The van der Waals surface area contributed by atoms with Crippen molar-refractivity contribution in [1.29, 1.82) is 0 Å². The van der Waals surface area contributed by atoms with Gasteiger partial charge >= 0.3 is 0 Å². The highest BCUT2D eigenvalue weighted by molar-refractivity contribution is 4.84. The summed E-state index contributed by atoms with van der Waals surface area (Å²) in [6.07, 6.45) is 19.5. The van der Waals surface area contributed by atoms with Crippen molar-refractivity contribution in [3.8, 4) is 0 Å². The first kappa shape index (κ1) is 21.3. The van der Waals surface area contributed by atoms with Gasteiger partial charge < -0.3 is 0 Å². The maximum atomic E-state index is 2.49. The molecule has 0 N–H and O–H groups in total. The van der Waals surface area contributed by atoms with Gasteiger partial charge in [-0.05, 0) is 67.1 Å². The van der Waals surface area contributed by atoms with Crippen LogP contribution in [-0.4, -0.2) is 0 Å². The zero-order chi connectivity index (χ0) is 18.2. The third kappa shape index (κ3) is 6.59. The fourth-order valence-corrected chi connectivity index (χ4v) is 6.41. The Bertz CT molecular complexity index is 344. The summed E-state index contributed by atoms with van der Waals surface area (Å²) in [4.78, 5) is 0. The Hall–Kier alpha value is 0. The quantitative estimate of drug-likeness (QED) is 0.451. The van der Waals surface area contributed by atoms with Crippen LogP contribution in [-0.2, 0) is 0 Å². The predicted molar refractivity (Wildman–Crippen MR) is 113 cm³/mol. The third-order valence-electron chi connectivity index (χ3n) is 8.04. The molecule has 0 amide bonds. The average Bonchev–Trinajstić information content (AvgIpc) is 3.02. The SMILES string of the molecule is CCC1CCCC(C2CCC(C)C2)C(CC)CCCC1CCC(C)C. The van der Waals surface area contributed by atoms with Gasteiger partial charge in [0, 0.05) is 0 Å². The molecule has 0 aromatic heterocycles. The second-order valence-corrected chi connectivity index (χ2v) is 10.3.